The van der Waals surface area contributed by atoms with E-state index >= 15 is 0 Å². The van der Waals surface area contributed by atoms with Crippen LogP contribution in [0.2, 0.25) is 0 Å². The van der Waals surface area contributed by atoms with E-state index in [0.717, 1.165) is 6.07 Å². The van der Waals surface area contributed by atoms with Crippen LogP contribution >= 0.6 is 0 Å². The highest BCUT2D eigenvalue weighted by Crippen LogP contribution is 2.33. The van der Waals surface area contributed by atoms with E-state index in [1.54, 1.807) is 0 Å². The minimum absolute atomic E-state index is 0.187. The summed E-state index contributed by atoms with van der Waals surface area (Å²) >= 11 is 0. The Morgan fingerprint density at radius 2 is 2.06 bits per heavy atom. The first-order valence-electron chi connectivity index (χ1n) is 3.86. The number of aromatic carboxylic acids is 1. The molecule has 1 aromatic carbocycles. The zero-order chi connectivity index (χ0) is 12.3. The molecule has 84 valence electrons. The largest absolute Gasteiger partial charge is 0.478 e. The average molecular weight is 231 g/mol. The molecule has 1 aromatic rings. The molecular formula is C8H4F3N3O2. The zero-order valence-corrected chi connectivity index (χ0v) is 7.56. The van der Waals surface area contributed by atoms with Crippen LogP contribution < -0.4 is 0 Å². The topological polar surface area (TPSA) is 86.1 Å². The van der Waals surface area contributed by atoms with Crippen molar-refractivity contribution in [2.24, 2.45) is 5.11 Å². The van der Waals surface area contributed by atoms with Crippen molar-refractivity contribution in [3.63, 3.8) is 0 Å². The van der Waals surface area contributed by atoms with Crippen molar-refractivity contribution in [2.75, 3.05) is 0 Å². The Labute approximate surface area is 86.7 Å². The molecule has 0 aliphatic carbocycles. The summed E-state index contributed by atoms with van der Waals surface area (Å²) in [6.45, 7) is 0. The molecular weight excluding hydrogens is 227 g/mol. The maximum absolute atomic E-state index is 12.4. The number of rotatable bonds is 2. The second-order valence-corrected chi connectivity index (χ2v) is 2.72. The maximum Gasteiger partial charge on any atom is 0.417 e. The summed E-state index contributed by atoms with van der Waals surface area (Å²) in [5, 5.41) is 11.6. The standard InChI is InChI=1S/C8H4F3N3O2/c9-8(10,11)6-2-1-4(13-14-12)3-5(6)7(15)16/h1-3H,(H,15,16). The fraction of sp³-hybridized carbons (Fsp3) is 0.125. The van der Waals surface area contributed by atoms with E-state index in [1.165, 1.54) is 0 Å². The first-order chi connectivity index (χ1) is 7.36. The number of benzene rings is 1. The lowest BCUT2D eigenvalue weighted by molar-refractivity contribution is -0.138. The molecule has 5 nitrogen and oxygen atoms in total. The van der Waals surface area contributed by atoms with Gasteiger partial charge >= 0.3 is 12.1 Å². The lowest BCUT2D eigenvalue weighted by Crippen LogP contribution is -2.12. The van der Waals surface area contributed by atoms with Gasteiger partial charge in [0.15, 0.2) is 0 Å². The summed E-state index contributed by atoms with van der Waals surface area (Å²) in [5.41, 5.74) is 5.65. The Morgan fingerprint density at radius 3 is 2.50 bits per heavy atom. The van der Waals surface area contributed by atoms with Gasteiger partial charge in [0.05, 0.1) is 11.1 Å². The van der Waals surface area contributed by atoms with Crippen molar-refractivity contribution >= 4 is 11.7 Å². The number of carboxylic acid groups (broad SMARTS) is 1. The normalized spacial score (nSPS) is 10.7. The molecule has 0 aliphatic rings. The smallest absolute Gasteiger partial charge is 0.417 e. The monoisotopic (exact) mass is 231 g/mol. The minimum atomic E-state index is -4.76. The molecule has 16 heavy (non-hydrogen) atoms. The van der Waals surface area contributed by atoms with Gasteiger partial charge in [-0.05, 0) is 17.7 Å². The lowest BCUT2D eigenvalue weighted by Gasteiger charge is -2.10. The van der Waals surface area contributed by atoms with Crippen LogP contribution in [-0.2, 0) is 6.18 Å². The molecule has 0 aromatic heterocycles. The van der Waals surface area contributed by atoms with Gasteiger partial charge in [-0.3, -0.25) is 0 Å². The summed E-state index contributed by atoms with van der Waals surface area (Å²) in [7, 11) is 0. The maximum atomic E-state index is 12.4. The summed E-state index contributed by atoms with van der Waals surface area (Å²) in [5.74, 6) is -1.73. The van der Waals surface area contributed by atoms with Crippen molar-refractivity contribution in [3.8, 4) is 0 Å². The van der Waals surface area contributed by atoms with Gasteiger partial charge < -0.3 is 5.11 Å². The van der Waals surface area contributed by atoms with E-state index in [4.69, 9.17) is 10.6 Å². The van der Waals surface area contributed by atoms with E-state index < -0.39 is 23.3 Å². The Hall–Kier alpha value is -2.21. The van der Waals surface area contributed by atoms with Gasteiger partial charge in [-0.2, -0.15) is 13.2 Å². The molecule has 0 unspecified atom stereocenters. The number of halogens is 3. The van der Waals surface area contributed by atoms with E-state index in [-0.39, 0.29) is 5.69 Å². The molecule has 1 rings (SSSR count). The van der Waals surface area contributed by atoms with Crippen molar-refractivity contribution in [2.45, 2.75) is 6.18 Å². The molecule has 0 amide bonds. The molecule has 0 saturated heterocycles. The minimum Gasteiger partial charge on any atom is -0.478 e. The van der Waals surface area contributed by atoms with Gasteiger partial charge in [0.2, 0.25) is 0 Å². The summed E-state index contributed by atoms with van der Waals surface area (Å²) in [6, 6.07) is 2.13. The molecule has 0 radical (unpaired) electrons. The third kappa shape index (κ3) is 2.43. The van der Waals surface area contributed by atoms with Crippen LogP contribution in [0.15, 0.2) is 23.3 Å². The summed E-state index contributed by atoms with van der Waals surface area (Å²) < 4.78 is 37.1. The Balaban J connectivity index is 3.42. The first kappa shape index (κ1) is 11.9. The molecule has 0 heterocycles. The number of alkyl halides is 3. The highest BCUT2D eigenvalue weighted by molar-refractivity contribution is 5.90. The zero-order valence-electron chi connectivity index (χ0n) is 7.56. The number of carboxylic acids is 1. The van der Waals surface area contributed by atoms with E-state index in [0.29, 0.717) is 12.1 Å². The Bertz CT molecular complexity index is 478. The van der Waals surface area contributed by atoms with Crippen LogP contribution in [0.25, 0.3) is 10.4 Å². The molecule has 0 atom stereocenters. The predicted octanol–water partition coefficient (Wildman–Crippen LogP) is 3.35. The van der Waals surface area contributed by atoms with Crippen LogP contribution in [0.1, 0.15) is 15.9 Å². The van der Waals surface area contributed by atoms with Gasteiger partial charge in [0.1, 0.15) is 0 Å². The highest BCUT2D eigenvalue weighted by atomic mass is 19.4. The number of carbonyl (C=O) groups is 1. The second kappa shape index (κ2) is 4.11. The van der Waals surface area contributed by atoms with Crippen LogP contribution in [0.5, 0.6) is 0 Å². The van der Waals surface area contributed by atoms with Crippen LogP contribution in [0, 0.1) is 0 Å². The first-order valence-corrected chi connectivity index (χ1v) is 3.86. The summed E-state index contributed by atoms with van der Waals surface area (Å²) in [6.07, 6.45) is -4.76. The van der Waals surface area contributed by atoms with Gasteiger partial charge in [-0.1, -0.05) is 11.2 Å². The van der Waals surface area contributed by atoms with E-state index in [2.05, 4.69) is 10.0 Å². The van der Waals surface area contributed by atoms with Gasteiger partial charge in [0.25, 0.3) is 0 Å². The molecule has 0 saturated carbocycles. The highest BCUT2D eigenvalue weighted by Gasteiger charge is 2.35. The van der Waals surface area contributed by atoms with Crippen LogP contribution in [0.4, 0.5) is 18.9 Å². The number of azide groups is 1. The van der Waals surface area contributed by atoms with Crippen molar-refractivity contribution in [1.82, 2.24) is 0 Å². The second-order valence-electron chi connectivity index (χ2n) is 2.72. The van der Waals surface area contributed by atoms with Crippen molar-refractivity contribution in [1.29, 1.82) is 0 Å². The Morgan fingerprint density at radius 1 is 1.44 bits per heavy atom. The number of nitrogens with zero attached hydrogens (tertiary/aromatic N) is 3. The molecule has 0 bridgehead atoms. The van der Waals surface area contributed by atoms with Crippen LogP contribution in [0.3, 0.4) is 0 Å². The van der Waals surface area contributed by atoms with Gasteiger partial charge in [0, 0.05) is 10.6 Å². The summed E-state index contributed by atoms with van der Waals surface area (Å²) in [4.78, 5) is 12.9. The fourth-order valence-electron chi connectivity index (χ4n) is 1.07. The molecule has 1 N–H and O–H groups in total. The Kier molecular flexibility index (Phi) is 3.05. The van der Waals surface area contributed by atoms with Crippen molar-refractivity contribution in [3.05, 3.63) is 39.8 Å². The van der Waals surface area contributed by atoms with Crippen LogP contribution in [-0.4, -0.2) is 11.1 Å². The quantitative estimate of drug-likeness (QED) is 0.480. The molecule has 0 aliphatic heterocycles. The number of hydrogen-bond donors (Lipinski definition) is 1. The van der Waals surface area contributed by atoms with E-state index in [9.17, 15) is 18.0 Å². The lowest BCUT2D eigenvalue weighted by atomic mass is 10.1. The van der Waals surface area contributed by atoms with Crippen molar-refractivity contribution < 1.29 is 23.1 Å². The predicted molar refractivity (Wildman–Crippen MR) is 47.2 cm³/mol. The van der Waals surface area contributed by atoms with Gasteiger partial charge in [-0.15, -0.1) is 0 Å². The molecule has 0 fully saturated rings. The van der Waals surface area contributed by atoms with E-state index in [1.807, 2.05) is 0 Å². The molecule has 0 spiro atoms. The fourth-order valence-corrected chi connectivity index (χ4v) is 1.07. The third-order valence-electron chi connectivity index (χ3n) is 1.70. The van der Waals surface area contributed by atoms with Gasteiger partial charge in [-0.25, -0.2) is 4.79 Å². The SMILES string of the molecule is [N-]=[N+]=Nc1ccc(C(F)(F)F)c(C(=O)O)c1. The molecule has 8 heteroatoms. The third-order valence-corrected chi connectivity index (χ3v) is 1.70. The number of hydrogen-bond acceptors (Lipinski definition) is 2. The average Bonchev–Trinajstić information content (AvgIpc) is 2.16.